The second-order valence-corrected chi connectivity index (χ2v) is 8.96. The van der Waals surface area contributed by atoms with Crippen molar-refractivity contribution < 1.29 is 29.0 Å². The van der Waals surface area contributed by atoms with Gasteiger partial charge in [0.05, 0.1) is 14.2 Å². The van der Waals surface area contributed by atoms with Crippen molar-refractivity contribution in [2.24, 2.45) is 5.92 Å². The summed E-state index contributed by atoms with van der Waals surface area (Å²) in [6, 6.07) is 16.9. The van der Waals surface area contributed by atoms with Crippen LogP contribution in [0.25, 0.3) is 11.1 Å². The molecule has 1 unspecified atom stereocenters. The van der Waals surface area contributed by atoms with Crippen LogP contribution in [-0.4, -0.2) is 48.1 Å². The maximum atomic E-state index is 13.0. The van der Waals surface area contributed by atoms with Crippen molar-refractivity contribution in [3.05, 3.63) is 77.4 Å². The number of hydrogen-bond donors (Lipinski definition) is 2. The third-order valence-corrected chi connectivity index (χ3v) is 6.25. The number of amides is 2. The lowest BCUT2D eigenvalue weighted by atomic mass is 10.00. The largest absolute Gasteiger partial charge is 0.497 e. The Kier molecular flexibility index (Phi) is 6.96. The summed E-state index contributed by atoms with van der Waals surface area (Å²) >= 11 is 0. The Balaban J connectivity index is 1.51. The number of fused-ring (bicyclic) bond motifs is 1. The molecule has 0 aliphatic carbocycles. The number of carbonyl (C=O) groups is 3. The van der Waals surface area contributed by atoms with E-state index in [0.29, 0.717) is 28.3 Å². The first-order chi connectivity index (χ1) is 17.2. The minimum atomic E-state index is -1.00. The summed E-state index contributed by atoms with van der Waals surface area (Å²) in [6.07, 6.45) is 0. The minimum absolute atomic E-state index is 0.207. The first kappa shape index (κ1) is 24.8. The number of rotatable bonds is 8. The van der Waals surface area contributed by atoms with Crippen molar-refractivity contribution in [2.45, 2.75) is 26.4 Å². The third-order valence-electron chi connectivity index (χ3n) is 6.25. The molecule has 0 saturated heterocycles. The zero-order valence-corrected chi connectivity index (χ0v) is 20.6. The normalized spacial score (nSPS) is 13.4. The van der Waals surface area contributed by atoms with E-state index in [1.807, 2.05) is 24.3 Å². The van der Waals surface area contributed by atoms with E-state index in [2.05, 4.69) is 5.32 Å². The smallest absolute Gasteiger partial charge is 0.326 e. The fourth-order valence-corrected chi connectivity index (χ4v) is 4.39. The van der Waals surface area contributed by atoms with E-state index < -0.39 is 12.0 Å². The van der Waals surface area contributed by atoms with E-state index >= 15 is 0 Å². The quantitative estimate of drug-likeness (QED) is 0.477. The van der Waals surface area contributed by atoms with Gasteiger partial charge in [-0.25, -0.2) is 4.79 Å². The van der Waals surface area contributed by atoms with Gasteiger partial charge in [-0.1, -0.05) is 38.1 Å². The van der Waals surface area contributed by atoms with Gasteiger partial charge < -0.3 is 24.8 Å². The number of methoxy groups -OCH3 is 2. The maximum Gasteiger partial charge on any atom is 0.326 e. The van der Waals surface area contributed by atoms with E-state index in [0.717, 1.165) is 16.7 Å². The van der Waals surface area contributed by atoms with Gasteiger partial charge in [-0.2, -0.15) is 0 Å². The van der Waals surface area contributed by atoms with Gasteiger partial charge in [-0.3, -0.25) is 9.59 Å². The highest BCUT2D eigenvalue weighted by Crippen LogP contribution is 2.32. The van der Waals surface area contributed by atoms with Crippen LogP contribution < -0.4 is 14.8 Å². The highest BCUT2D eigenvalue weighted by atomic mass is 16.5. The van der Waals surface area contributed by atoms with Gasteiger partial charge in [0, 0.05) is 29.4 Å². The van der Waals surface area contributed by atoms with Crippen molar-refractivity contribution in [1.82, 2.24) is 4.90 Å². The number of benzene rings is 3. The first-order valence-corrected chi connectivity index (χ1v) is 11.5. The summed E-state index contributed by atoms with van der Waals surface area (Å²) in [7, 11) is 3.04. The monoisotopic (exact) mass is 488 g/mol. The lowest BCUT2D eigenvalue weighted by Gasteiger charge is -2.27. The highest BCUT2D eigenvalue weighted by Gasteiger charge is 2.38. The molecule has 0 saturated carbocycles. The maximum absolute atomic E-state index is 13.0. The number of carboxylic acid groups (broad SMARTS) is 1. The molecule has 1 aliphatic rings. The second-order valence-electron chi connectivity index (χ2n) is 8.96. The van der Waals surface area contributed by atoms with Gasteiger partial charge >= 0.3 is 5.97 Å². The molecule has 1 atom stereocenters. The average Bonchev–Trinajstić information content (AvgIpc) is 3.18. The van der Waals surface area contributed by atoms with Crippen molar-refractivity contribution in [3.63, 3.8) is 0 Å². The second kappa shape index (κ2) is 10.1. The molecule has 0 bridgehead atoms. The van der Waals surface area contributed by atoms with E-state index in [4.69, 9.17) is 9.47 Å². The van der Waals surface area contributed by atoms with Crippen LogP contribution in [0.1, 0.15) is 40.1 Å². The third kappa shape index (κ3) is 4.88. The van der Waals surface area contributed by atoms with Crippen LogP contribution in [-0.2, 0) is 11.3 Å². The number of nitrogens with zero attached hydrogens (tertiary/aromatic N) is 1. The molecular formula is C28H28N2O6. The van der Waals surface area contributed by atoms with Gasteiger partial charge in [0.15, 0.2) is 0 Å². The summed E-state index contributed by atoms with van der Waals surface area (Å²) in [5.41, 5.74) is 4.03. The van der Waals surface area contributed by atoms with Crippen LogP contribution in [0.2, 0.25) is 0 Å². The number of carboxylic acids is 1. The van der Waals surface area contributed by atoms with Gasteiger partial charge in [-0.05, 0) is 52.9 Å². The Bertz CT molecular complexity index is 1290. The van der Waals surface area contributed by atoms with Gasteiger partial charge in [0.2, 0.25) is 0 Å². The molecule has 36 heavy (non-hydrogen) atoms. The van der Waals surface area contributed by atoms with Crippen LogP contribution >= 0.6 is 0 Å². The summed E-state index contributed by atoms with van der Waals surface area (Å²) in [4.78, 5) is 38.9. The van der Waals surface area contributed by atoms with Crippen LogP contribution in [0.3, 0.4) is 0 Å². The molecule has 3 aromatic rings. The number of ether oxygens (including phenoxy) is 2. The average molecular weight is 489 g/mol. The molecule has 1 aliphatic heterocycles. The number of aliphatic carboxylic acids is 1. The molecule has 8 nitrogen and oxygen atoms in total. The first-order valence-electron chi connectivity index (χ1n) is 11.5. The molecule has 0 aromatic heterocycles. The van der Waals surface area contributed by atoms with E-state index in [1.165, 1.54) is 19.1 Å². The fraction of sp³-hybridized carbons (Fsp3) is 0.250. The molecule has 4 rings (SSSR count). The predicted molar refractivity (Wildman–Crippen MR) is 136 cm³/mol. The standard InChI is InChI=1S/C28H28N2O6/c1-16(2)25(28(33)34)30-15-19-6-5-18(13-24(19)27(30)32)17-7-9-21(10-8-17)29-26(31)20-11-22(35-3)14-23(12-20)36-4/h5-14,16,25H,15H2,1-4H3,(H,29,31)(H,33,34). The van der Waals surface area contributed by atoms with Crippen LogP contribution in [0, 0.1) is 5.92 Å². The molecule has 3 aromatic carbocycles. The van der Waals surface area contributed by atoms with Crippen molar-refractivity contribution in [2.75, 3.05) is 19.5 Å². The number of carbonyl (C=O) groups excluding carboxylic acids is 2. The highest BCUT2D eigenvalue weighted by molar-refractivity contribution is 6.05. The molecule has 8 heteroatoms. The fourth-order valence-electron chi connectivity index (χ4n) is 4.39. The SMILES string of the molecule is COc1cc(OC)cc(C(=O)Nc2ccc(-c3ccc4c(c3)C(=O)N(C(C(=O)O)C(C)C)C4)cc2)c1. The number of nitrogens with one attached hydrogen (secondary N) is 1. The molecule has 0 radical (unpaired) electrons. The molecule has 186 valence electrons. The molecule has 2 N–H and O–H groups in total. The Labute approximate surface area is 209 Å². The Morgan fingerprint density at radius 2 is 1.53 bits per heavy atom. The van der Waals surface area contributed by atoms with Gasteiger partial charge in [0.25, 0.3) is 11.8 Å². The van der Waals surface area contributed by atoms with Crippen molar-refractivity contribution in [3.8, 4) is 22.6 Å². The predicted octanol–water partition coefficient (Wildman–Crippen LogP) is 4.69. The van der Waals surface area contributed by atoms with Crippen LogP contribution in [0.15, 0.2) is 60.7 Å². The van der Waals surface area contributed by atoms with E-state index in [9.17, 15) is 19.5 Å². The van der Waals surface area contributed by atoms with E-state index in [-0.39, 0.29) is 24.3 Å². The van der Waals surface area contributed by atoms with E-state index in [1.54, 1.807) is 50.2 Å². The van der Waals surface area contributed by atoms with Crippen LogP contribution in [0.5, 0.6) is 11.5 Å². The number of anilines is 1. The van der Waals surface area contributed by atoms with Crippen molar-refractivity contribution in [1.29, 1.82) is 0 Å². The minimum Gasteiger partial charge on any atom is -0.497 e. The molecular weight excluding hydrogens is 460 g/mol. The zero-order chi connectivity index (χ0) is 26.0. The van der Waals surface area contributed by atoms with Gasteiger partial charge in [0.1, 0.15) is 17.5 Å². The zero-order valence-electron chi connectivity index (χ0n) is 20.6. The Hall–Kier alpha value is -4.33. The van der Waals surface area contributed by atoms with Crippen LogP contribution in [0.4, 0.5) is 5.69 Å². The Morgan fingerprint density at radius 3 is 2.08 bits per heavy atom. The topological polar surface area (TPSA) is 105 Å². The van der Waals surface area contributed by atoms with Crippen molar-refractivity contribution >= 4 is 23.5 Å². The molecule has 2 amide bonds. The lowest BCUT2D eigenvalue weighted by Crippen LogP contribution is -2.44. The molecule has 0 fully saturated rings. The lowest BCUT2D eigenvalue weighted by molar-refractivity contribution is -0.144. The summed E-state index contributed by atoms with van der Waals surface area (Å²) < 4.78 is 10.5. The summed E-state index contributed by atoms with van der Waals surface area (Å²) in [5, 5.41) is 12.5. The Morgan fingerprint density at radius 1 is 0.917 bits per heavy atom. The molecule has 1 heterocycles. The number of hydrogen-bond acceptors (Lipinski definition) is 5. The summed E-state index contributed by atoms with van der Waals surface area (Å²) in [5.74, 6) is -0.755. The summed E-state index contributed by atoms with van der Waals surface area (Å²) in [6.45, 7) is 3.88. The van der Waals surface area contributed by atoms with Gasteiger partial charge in [-0.15, -0.1) is 0 Å². The molecule has 0 spiro atoms.